The van der Waals surface area contributed by atoms with Crippen LogP contribution in [0.25, 0.3) is 0 Å². The summed E-state index contributed by atoms with van der Waals surface area (Å²) in [6, 6.07) is 4.94. The van der Waals surface area contributed by atoms with Crippen molar-refractivity contribution in [3.63, 3.8) is 0 Å². The second-order valence-electron chi connectivity index (χ2n) is 3.31. The number of hydrogen-bond acceptors (Lipinski definition) is 1. The normalized spacial score (nSPS) is 12.2. The third-order valence-corrected chi connectivity index (χ3v) is 3.21. The van der Waals surface area contributed by atoms with Crippen molar-refractivity contribution in [3.05, 3.63) is 33.8 Å². The van der Waals surface area contributed by atoms with Gasteiger partial charge in [-0.15, -0.1) is 11.6 Å². The predicted octanol–water partition coefficient (Wildman–Crippen LogP) is 3.74. The number of carbonyl (C=O) groups excluding carboxylic acids is 1. The molecule has 5 heteroatoms. The molecular weight excluding hydrogens is 268 g/mol. The fourth-order valence-corrected chi connectivity index (χ4v) is 1.80. The molecule has 0 aliphatic carbocycles. The molecule has 2 nitrogen and oxygen atoms in total. The molecule has 1 aromatic carbocycles. The van der Waals surface area contributed by atoms with Crippen molar-refractivity contribution in [2.75, 3.05) is 6.54 Å². The van der Waals surface area contributed by atoms with Crippen molar-refractivity contribution >= 4 is 40.7 Å². The van der Waals surface area contributed by atoms with E-state index in [1.165, 1.54) is 0 Å². The van der Waals surface area contributed by atoms with Gasteiger partial charge in [-0.3, -0.25) is 4.79 Å². The molecule has 1 amide bonds. The van der Waals surface area contributed by atoms with Crippen molar-refractivity contribution in [2.45, 2.75) is 18.7 Å². The number of rotatable bonds is 4. The van der Waals surface area contributed by atoms with Gasteiger partial charge in [0.15, 0.2) is 0 Å². The van der Waals surface area contributed by atoms with E-state index in [1.54, 1.807) is 18.2 Å². The van der Waals surface area contributed by atoms with Crippen LogP contribution < -0.4 is 5.32 Å². The molecule has 88 valence electrons. The van der Waals surface area contributed by atoms with Crippen LogP contribution in [0.15, 0.2) is 18.2 Å². The number of benzene rings is 1. The van der Waals surface area contributed by atoms with Gasteiger partial charge in [-0.2, -0.15) is 0 Å². The molecule has 0 saturated carbocycles. The molecule has 0 radical (unpaired) electrons. The van der Waals surface area contributed by atoms with Gasteiger partial charge in [0, 0.05) is 6.54 Å². The van der Waals surface area contributed by atoms with E-state index >= 15 is 0 Å². The van der Waals surface area contributed by atoms with Crippen LogP contribution in [0, 0.1) is 0 Å². The Hall–Kier alpha value is -0.440. The Bertz CT molecular complexity index is 361. The molecule has 1 rings (SSSR count). The first-order valence-corrected chi connectivity index (χ1v) is 6.11. The van der Waals surface area contributed by atoms with Crippen molar-refractivity contribution in [1.29, 1.82) is 0 Å². The molecule has 1 aromatic rings. The molecule has 1 atom stereocenters. The summed E-state index contributed by atoms with van der Waals surface area (Å²) in [5.41, 5.74) is 0.297. The summed E-state index contributed by atoms with van der Waals surface area (Å²) in [6.07, 6.45) is 0.790. The van der Waals surface area contributed by atoms with Crippen molar-refractivity contribution in [2.24, 2.45) is 0 Å². The van der Waals surface area contributed by atoms with E-state index in [1.807, 2.05) is 6.92 Å². The van der Waals surface area contributed by atoms with Gasteiger partial charge < -0.3 is 5.32 Å². The Morgan fingerprint density at radius 1 is 1.38 bits per heavy atom. The maximum absolute atomic E-state index is 11.8. The lowest BCUT2D eigenvalue weighted by Crippen LogP contribution is -2.29. The summed E-state index contributed by atoms with van der Waals surface area (Å²) in [5.74, 6) is -0.297. The van der Waals surface area contributed by atoms with E-state index in [-0.39, 0.29) is 11.3 Å². The number of carbonyl (C=O) groups is 1. The van der Waals surface area contributed by atoms with Gasteiger partial charge in [-0.05, 0) is 18.6 Å². The standard InChI is InChI=1S/C11H12Cl3NO/c1-2-7(12)6-15-11(16)10-8(13)4-3-5-9(10)14/h3-5,7H,2,6H2,1H3,(H,15,16). The summed E-state index contributed by atoms with van der Waals surface area (Å²) in [6.45, 7) is 2.35. The Morgan fingerprint density at radius 3 is 2.44 bits per heavy atom. The lowest BCUT2D eigenvalue weighted by atomic mass is 10.2. The number of halogens is 3. The second kappa shape index (κ2) is 6.33. The van der Waals surface area contributed by atoms with E-state index in [9.17, 15) is 4.79 Å². The van der Waals surface area contributed by atoms with Gasteiger partial charge in [-0.25, -0.2) is 0 Å². The molecule has 0 aliphatic heterocycles. The summed E-state index contributed by atoms with van der Waals surface area (Å²) < 4.78 is 0. The highest BCUT2D eigenvalue weighted by molar-refractivity contribution is 6.39. The highest BCUT2D eigenvalue weighted by Gasteiger charge is 2.14. The lowest BCUT2D eigenvalue weighted by molar-refractivity contribution is 0.0954. The van der Waals surface area contributed by atoms with E-state index in [2.05, 4.69) is 5.32 Å². The van der Waals surface area contributed by atoms with Gasteiger partial charge in [0.25, 0.3) is 5.91 Å². The Labute approximate surface area is 110 Å². The third kappa shape index (κ3) is 3.55. The number of hydrogen-bond donors (Lipinski definition) is 1. The van der Waals surface area contributed by atoms with Crippen LogP contribution in [0.3, 0.4) is 0 Å². The van der Waals surface area contributed by atoms with Gasteiger partial charge >= 0.3 is 0 Å². The van der Waals surface area contributed by atoms with Gasteiger partial charge in [0.1, 0.15) is 0 Å². The monoisotopic (exact) mass is 279 g/mol. The molecule has 0 saturated heterocycles. The number of nitrogens with one attached hydrogen (secondary N) is 1. The van der Waals surface area contributed by atoms with Gasteiger partial charge in [0.2, 0.25) is 0 Å². The minimum atomic E-state index is -0.297. The molecule has 0 aromatic heterocycles. The van der Waals surface area contributed by atoms with Crippen LogP contribution in [0.1, 0.15) is 23.7 Å². The summed E-state index contributed by atoms with van der Waals surface area (Å²) in [5, 5.41) is 3.29. The molecule has 1 unspecified atom stereocenters. The van der Waals surface area contributed by atoms with Crippen LogP contribution >= 0.6 is 34.8 Å². The number of alkyl halides is 1. The van der Waals surface area contributed by atoms with Crippen LogP contribution in [-0.4, -0.2) is 17.8 Å². The van der Waals surface area contributed by atoms with Crippen LogP contribution in [0.5, 0.6) is 0 Å². The van der Waals surface area contributed by atoms with E-state index < -0.39 is 0 Å². The van der Waals surface area contributed by atoms with Crippen molar-refractivity contribution < 1.29 is 4.79 Å². The molecule has 16 heavy (non-hydrogen) atoms. The molecule has 0 spiro atoms. The van der Waals surface area contributed by atoms with Crippen LogP contribution in [0.2, 0.25) is 10.0 Å². The minimum Gasteiger partial charge on any atom is -0.350 e. The fourth-order valence-electron chi connectivity index (χ4n) is 1.15. The smallest absolute Gasteiger partial charge is 0.254 e. The average Bonchev–Trinajstić information content (AvgIpc) is 2.25. The lowest BCUT2D eigenvalue weighted by Gasteiger charge is -2.10. The minimum absolute atomic E-state index is 0.0785. The average molecular weight is 281 g/mol. The largest absolute Gasteiger partial charge is 0.350 e. The molecule has 0 aliphatic rings. The topological polar surface area (TPSA) is 29.1 Å². The first-order valence-electron chi connectivity index (χ1n) is 4.92. The third-order valence-electron chi connectivity index (χ3n) is 2.12. The van der Waals surface area contributed by atoms with E-state index in [0.29, 0.717) is 22.2 Å². The maximum Gasteiger partial charge on any atom is 0.254 e. The highest BCUT2D eigenvalue weighted by Crippen LogP contribution is 2.23. The molecule has 0 bridgehead atoms. The number of amides is 1. The maximum atomic E-state index is 11.8. The zero-order chi connectivity index (χ0) is 12.1. The van der Waals surface area contributed by atoms with Gasteiger partial charge in [-0.1, -0.05) is 36.2 Å². The highest BCUT2D eigenvalue weighted by atomic mass is 35.5. The first kappa shape index (κ1) is 13.6. The second-order valence-corrected chi connectivity index (χ2v) is 4.74. The Morgan fingerprint density at radius 2 is 1.94 bits per heavy atom. The fraction of sp³-hybridized carbons (Fsp3) is 0.364. The van der Waals surface area contributed by atoms with Crippen LogP contribution in [0.4, 0.5) is 0 Å². The van der Waals surface area contributed by atoms with Crippen LogP contribution in [-0.2, 0) is 0 Å². The Balaban J connectivity index is 2.73. The molecule has 1 N–H and O–H groups in total. The molecule has 0 fully saturated rings. The van der Waals surface area contributed by atoms with Crippen molar-refractivity contribution in [3.8, 4) is 0 Å². The summed E-state index contributed by atoms with van der Waals surface area (Å²) >= 11 is 17.7. The van der Waals surface area contributed by atoms with Gasteiger partial charge in [0.05, 0.1) is 21.0 Å². The first-order chi connectivity index (χ1) is 7.56. The van der Waals surface area contributed by atoms with E-state index in [4.69, 9.17) is 34.8 Å². The predicted molar refractivity (Wildman–Crippen MR) is 68.7 cm³/mol. The Kier molecular flexibility index (Phi) is 5.39. The quantitative estimate of drug-likeness (QED) is 0.836. The summed E-state index contributed by atoms with van der Waals surface area (Å²) in [7, 11) is 0. The zero-order valence-corrected chi connectivity index (χ0v) is 11.0. The molecule has 0 heterocycles. The van der Waals surface area contributed by atoms with E-state index in [0.717, 1.165) is 6.42 Å². The summed E-state index contributed by atoms with van der Waals surface area (Å²) in [4.78, 5) is 11.8. The van der Waals surface area contributed by atoms with Crippen molar-refractivity contribution in [1.82, 2.24) is 5.32 Å². The molecular formula is C11H12Cl3NO. The zero-order valence-electron chi connectivity index (χ0n) is 8.77. The SMILES string of the molecule is CCC(Cl)CNC(=O)c1c(Cl)cccc1Cl.